The fourth-order valence-electron chi connectivity index (χ4n) is 5.56. The van der Waals surface area contributed by atoms with Gasteiger partial charge in [0.15, 0.2) is 5.65 Å². The smallest absolute Gasteiger partial charge is 0.223 e. The van der Waals surface area contributed by atoms with Gasteiger partial charge < -0.3 is 10.2 Å². The zero-order valence-electron chi connectivity index (χ0n) is 21.3. The van der Waals surface area contributed by atoms with Crippen molar-refractivity contribution in [3.8, 4) is 11.3 Å². The topological polar surface area (TPSA) is 62.5 Å². The van der Waals surface area contributed by atoms with Crippen LogP contribution in [0.3, 0.4) is 0 Å². The molecular formula is C29H37N5O. The average Bonchev–Trinajstić information content (AvgIpc) is 3.28. The second-order valence-electron chi connectivity index (χ2n) is 10.3. The molecule has 6 nitrogen and oxygen atoms in total. The molecule has 1 fully saturated rings. The lowest BCUT2D eigenvalue weighted by molar-refractivity contribution is -0.125. The SMILES string of the molecule is Cc1cc(C)cc(-c2cc3nc(C)cc(N4CCC(C(=O)NCCC5=CCCCC5)CC4)n3n2)c1. The highest BCUT2D eigenvalue weighted by atomic mass is 16.1. The first-order chi connectivity index (χ1) is 17.0. The maximum Gasteiger partial charge on any atom is 0.223 e. The van der Waals surface area contributed by atoms with Gasteiger partial charge >= 0.3 is 0 Å². The van der Waals surface area contributed by atoms with E-state index in [1.807, 2.05) is 11.4 Å². The minimum Gasteiger partial charge on any atom is -0.356 e. The van der Waals surface area contributed by atoms with Gasteiger partial charge in [-0.15, -0.1) is 0 Å². The number of nitrogens with zero attached hydrogens (tertiary/aromatic N) is 4. The predicted octanol–water partition coefficient (Wildman–Crippen LogP) is 5.54. The summed E-state index contributed by atoms with van der Waals surface area (Å²) in [5, 5.41) is 8.15. The number of piperidine rings is 1. The number of allylic oxidation sites excluding steroid dienone is 1. The molecule has 0 atom stereocenters. The predicted molar refractivity (Wildman–Crippen MR) is 142 cm³/mol. The van der Waals surface area contributed by atoms with Crippen molar-refractivity contribution in [2.45, 2.75) is 65.7 Å². The summed E-state index contributed by atoms with van der Waals surface area (Å²) in [5.74, 6) is 1.37. The summed E-state index contributed by atoms with van der Waals surface area (Å²) in [6.45, 7) is 8.74. The first-order valence-electron chi connectivity index (χ1n) is 13.1. The van der Waals surface area contributed by atoms with Crippen LogP contribution in [0.2, 0.25) is 0 Å². The molecule has 2 aliphatic rings. The summed E-state index contributed by atoms with van der Waals surface area (Å²) in [6, 6.07) is 10.7. The number of aromatic nitrogens is 3. The monoisotopic (exact) mass is 471 g/mol. The molecule has 1 N–H and O–H groups in total. The third-order valence-electron chi connectivity index (χ3n) is 7.37. The highest BCUT2D eigenvalue weighted by Crippen LogP contribution is 2.28. The normalized spacial score (nSPS) is 17.0. The zero-order valence-corrected chi connectivity index (χ0v) is 21.3. The van der Waals surface area contributed by atoms with Crippen LogP contribution in [0.4, 0.5) is 5.82 Å². The van der Waals surface area contributed by atoms with Crippen LogP contribution < -0.4 is 10.2 Å². The molecule has 6 heteroatoms. The Labute approximate surface area is 208 Å². The van der Waals surface area contributed by atoms with Gasteiger partial charge in [-0.25, -0.2) is 4.98 Å². The fourth-order valence-corrected chi connectivity index (χ4v) is 5.56. The van der Waals surface area contributed by atoms with Crippen molar-refractivity contribution in [1.82, 2.24) is 19.9 Å². The Balaban J connectivity index is 1.26. The number of hydrogen-bond acceptors (Lipinski definition) is 4. The van der Waals surface area contributed by atoms with Crippen molar-refractivity contribution in [3.05, 3.63) is 58.8 Å². The number of carbonyl (C=O) groups is 1. The van der Waals surface area contributed by atoms with E-state index in [-0.39, 0.29) is 11.8 Å². The first-order valence-corrected chi connectivity index (χ1v) is 13.1. The largest absolute Gasteiger partial charge is 0.356 e. The molecule has 0 saturated carbocycles. The van der Waals surface area contributed by atoms with Gasteiger partial charge in [-0.05, 0) is 77.8 Å². The Hall–Kier alpha value is -3.15. The molecule has 35 heavy (non-hydrogen) atoms. The summed E-state index contributed by atoms with van der Waals surface area (Å²) >= 11 is 0. The molecule has 5 rings (SSSR count). The molecule has 1 aromatic carbocycles. The zero-order chi connectivity index (χ0) is 24.4. The quantitative estimate of drug-likeness (QED) is 0.479. The number of nitrogens with one attached hydrogen (secondary N) is 1. The molecular weight excluding hydrogens is 434 g/mol. The lowest BCUT2D eigenvalue weighted by Gasteiger charge is -2.33. The summed E-state index contributed by atoms with van der Waals surface area (Å²) in [7, 11) is 0. The van der Waals surface area contributed by atoms with Crippen LogP contribution in [-0.2, 0) is 4.79 Å². The van der Waals surface area contributed by atoms with Crippen molar-refractivity contribution in [3.63, 3.8) is 0 Å². The molecule has 3 aromatic rings. The number of amides is 1. The van der Waals surface area contributed by atoms with Gasteiger partial charge in [0.25, 0.3) is 0 Å². The Kier molecular flexibility index (Phi) is 6.89. The lowest BCUT2D eigenvalue weighted by atomic mass is 9.95. The first kappa shape index (κ1) is 23.6. The molecule has 0 bridgehead atoms. The van der Waals surface area contributed by atoms with Crippen LogP contribution in [0.15, 0.2) is 42.0 Å². The third kappa shape index (κ3) is 5.42. The summed E-state index contributed by atoms with van der Waals surface area (Å²) in [4.78, 5) is 19.9. The van der Waals surface area contributed by atoms with Crippen molar-refractivity contribution in [2.75, 3.05) is 24.5 Å². The maximum absolute atomic E-state index is 12.8. The molecule has 1 amide bonds. The van der Waals surface area contributed by atoms with Gasteiger partial charge in [-0.3, -0.25) is 4.79 Å². The molecule has 184 valence electrons. The van der Waals surface area contributed by atoms with E-state index in [1.165, 1.54) is 42.4 Å². The van der Waals surface area contributed by atoms with Crippen LogP contribution in [0, 0.1) is 26.7 Å². The van der Waals surface area contributed by atoms with Gasteiger partial charge in [-0.1, -0.05) is 28.8 Å². The number of aryl methyl sites for hydroxylation is 3. The second kappa shape index (κ2) is 10.2. The van der Waals surface area contributed by atoms with E-state index >= 15 is 0 Å². The molecule has 3 heterocycles. The van der Waals surface area contributed by atoms with Crippen molar-refractivity contribution >= 4 is 17.4 Å². The maximum atomic E-state index is 12.8. The highest BCUT2D eigenvalue weighted by molar-refractivity contribution is 5.79. The van der Waals surface area contributed by atoms with Crippen LogP contribution in [0.25, 0.3) is 16.9 Å². The second-order valence-corrected chi connectivity index (χ2v) is 10.3. The van der Waals surface area contributed by atoms with E-state index < -0.39 is 0 Å². The Bertz CT molecular complexity index is 1230. The summed E-state index contributed by atoms with van der Waals surface area (Å²) in [5.41, 5.74) is 7.90. The third-order valence-corrected chi connectivity index (χ3v) is 7.37. The molecule has 0 spiro atoms. The number of carbonyl (C=O) groups excluding carboxylic acids is 1. The van der Waals surface area contributed by atoms with Gasteiger partial charge in [0.1, 0.15) is 5.82 Å². The Morgan fingerprint density at radius 1 is 1.03 bits per heavy atom. The minimum absolute atomic E-state index is 0.0912. The molecule has 0 radical (unpaired) electrons. The molecule has 0 unspecified atom stereocenters. The Morgan fingerprint density at radius 3 is 2.51 bits per heavy atom. The van der Waals surface area contributed by atoms with E-state index in [0.717, 1.165) is 67.3 Å². The Morgan fingerprint density at radius 2 is 1.80 bits per heavy atom. The minimum atomic E-state index is 0.0912. The fraction of sp³-hybridized carbons (Fsp3) is 0.483. The van der Waals surface area contributed by atoms with Gasteiger partial charge in [0.05, 0.1) is 5.69 Å². The van der Waals surface area contributed by atoms with Crippen LogP contribution >= 0.6 is 0 Å². The van der Waals surface area contributed by atoms with Gasteiger partial charge in [-0.2, -0.15) is 9.61 Å². The van der Waals surface area contributed by atoms with Crippen molar-refractivity contribution in [2.24, 2.45) is 5.92 Å². The summed E-state index contributed by atoms with van der Waals surface area (Å²) < 4.78 is 1.97. The number of benzene rings is 1. The number of rotatable bonds is 6. The van der Waals surface area contributed by atoms with Crippen LogP contribution in [0.5, 0.6) is 0 Å². The molecule has 1 aliphatic heterocycles. The summed E-state index contributed by atoms with van der Waals surface area (Å²) in [6.07, 6.45) is 10.1. The molecule has 1 aliphatic carbocycles. The van der Waals surface area contributed by atoms with Crippen LogP contribution in [0.1, 0.15) is 61.8 Å². The molecule has 1 saturated heterocycles. The molecule has 2 aromatic heterocycles. The standard InChI is InChI=1S/C29H37N5O/c1-20-15-21(2)17-25(16-20)26-19-27-31-22(3)18-28(34(27)32-26)33-13-10-24(11-14-33)29(35)30-12-9-23-7-5-4-6-8-23/h7,15-19,24H,4-6,8-14H2,1-3H3,(H,30,35). The van der Waals surface area contributed by atoms with E-state index in [2.05, 4.69) is 60.5 Å². The van der Waals surface area contributed by atoms with Crippen LogP contribution in [-0.4, -0.2) is 40.1 Å². The van der Waals surface area contributed by atoms with Gasteiger partial charge in [0, 0.05) is 48.9 Å². The number of fused-ring (bicyclic) bond motifs is 1. The number of hydrogen-bond donors (Lipinski definition) is 1. The van der Waals surface area contributed by atoms with E-state index in [0.29, 0.717) is 0 Å². The average molecular weight is 472 g/mol. The van der Waals surface area contributed by atoms with Crippen molar-refractivity contribution < 1.29 is 4.79 Å². The van der Waals surface area contributed by atoms with Gasteiger partial charge in [0.2, 0.25) is 5.91 Å². The number of anilines is 1. The highest BCUT2D eigenvalue weighted by Gasteiger charge is 2.26. The van der Waals surface area contributed by atoms with E-state index in [9.17, 15) is 4.79 Å². The van der Waals surface area contributed by atoms with E-state index in [1.54, 1.807) is 0 Å². The van der Waals surface area contributed by atoms with Crippen molar-refractivity contribution in [1.29, 1.82) is 0 Å². The van der Waals surface area contributed by atoms with E-state index in [4.69, 9.17) is 10.1 Å². The lowest BCUT2D eigenvalue weighted by Crippen LogP contribution is -2.41.